The van der Waals surface area contributed by atoms with Crippen molar-refractivity contribution in [2.24, 2.45) is 0 Å². The molecule has 1 amide bonds. The van der Waals surface area contributed by atoms with Gasteiger partial charge in [0.15, 0.2) is 0 Å². The van der Waals surface area contributed by atoms with Crippen LogP contribution < -0.4 is 0 Å². The molecule has 0 N–H and O–H groups in total. The Labute approximate surface area is 130 Å². The molecule has 0 aromatic carbocycles. The Balaban J connectivity index is 1.91. The number of rotatable bonds is 5. The highest BCUT2D eigenvalue weighted by Crippen LogP contribution is 2.29. The number of carbonyl (C=O) groups is 2. The molecule has 0 radical (unpaired) electrons. The molecule has 0 fully saturated rings. The van der Waals surface area contributed by atoms with Crippen LogP contribution in [0.3, 0.4) is 0 Å². The minimum atomic E-state index is -0.223. The van der Waals surface area contributed by atoms with E-state index in [1.165, 1.54) is 36.8 Å². The van der Waals surface area contributed by atoms with Gasteiger partial charge in [-0.15, -0.1) is 11.3 Å². The average molecular weight is 309 g/mol. The number of methoxy groups -OCH3 is 1. The van der Waals surface area contributed by atoms with Gasteiger partial charge in [-0.2, -0.15) is 0 Å². The minimum Gasteiger partial charge on any atom is -0.469 e. The molecule has 0 spiro atoms. The molecule has 1 aliphatic rings. The predicted molar refractivity (Wildman–Crippen MR) is 83.8 cm³/mol. The van der Waals surface area contributed by atoms with Gasteiger partial charge in [0.25, 0.3) is 5.91 Å². The lowest BCUT2D eigenvalue weighted by Gasteiger charge is -2.15. The Morgan fingerprint density at radius 1 is 1.29 bits per heavy atom. The van der Waals surface area contributed by atoms with Crippen molar-refractivity contribution in [1.29, 1.82) is 0 Å². The van der Waals surface area contributed by atoms with Crippen LogP contribution in [-0.2, 0) is 22.4 Å². The molecular weight excluding hydrogens is 286 g/mol. The third-order valence-corrected chi connectivity index (χ3v) is 5.13. The summed E-state index contributed by atoms with van der Waals surface area (Å²) in [5, 5.41) is 0. The molecule has 0 atom stereocenters. The second-order valence-corrected chi connectivity index (χ2v) is 6.66. The van der Waals surface area contributed by atoms with E-state index in [0.717, 1.165) is 17.7 Å². The number of hydrogen-bond acceptors (Lipinski definition) is 4. The summed E-state index contributed by atoms with van der Waals surface area (Å²) in [4.78, 5) is 27.4. The number of amides is 1. The number of fused-ring (bicyclic) bond motifs is 1. The molecule has 1 aliphatic carbocycles. The van der Waals surface area contributed by atoms with Gasteiger partial charge in [0.05, 0.1) is 12.0 Å². The van der Waals surface area contributed by atoms with Gasteiger partial charge in [-0.05, 0) is 43.7 Å². The zero-order valence-electron chi connectivity index (χ0n) is 12.8. The maximum Gasteiger partial charge on any atom is 0.305 e. The van der Waals surface area contributed by atoms with E-state index in [1.807, 2.05) is 0 Å². The highest BCUT2D eigenvalue weighted by molar-refractivity contribution is 7.14. The van der Waals surface area contributed by atoms with Crippen LogP contribution in [0.2, 0.25) is 0 Å². The number of esters is 1. The Bertz CT molecular complexity index is 486. The smallest absolute Gasteiger partial charge is 0.305 e. The summed E-state index contributed by atoms with van der Waals surface area (Å²) >= 11 is 1.65. The van der Waals surface area contributed by atoms with E-state index >= 15 is 0 Å². The van der Waals surface area contributed by atoms with E-state index in [-0.39, 0.29) is 11.9 Å². The molecule has 21 heavy (non-hydrogen) atoms. The van der Waals surface area contributed by atoms with Crippen LogP contribution in [0.5, 0.6) is 0 Å². The van der Waals surface area contributed by atoms with E-state index in [2.05, 4.69) is 10.8 Å². The van der Waals surface area contributed by atoms with E-state index in [9.17, 15) is 9.59 Å². The van der Waals surface area contributed by atoms with E-state index < -0.39 is 0 Å². The van der Waals surface area contributed by atoms with Gasteiger partial charge in [-0.25, -0.2) is 0 Å². The number of nitrogens with zero attached hydrogens (tertiary/aromatic N) is 1. The van der Waals surface area contributed by atoms with Gasteiger partial charge in [0.1, 0.15) is 0 Å². The van der Waals surface area contributed by atoms with Crippen molar-refractivity contribution >= 4 is 23.2 Å². The van der Waals surface area contributed by atoms with Crippen molar-refractivity contribution in [3.63, 3.8) is 0 Å². The third-order valence-electron chi connectivity index (χ3n) is 3.91. The van der Waals surface area contributed by atoms with Gasteiger partial charge in [-0.3, -0.25) is 9.59 Å². The first-order valence-electron chi connectivity index (χ1n) is 7.55. The normalized spacial score (nSPS) is 14.2. The highest BCUT2D eigenvalue weighted by atomic mass is 32.1. The zero-order chi connectivity index (χ0) is 15.2. The monoisotopic (exact) mass is 309 g/mol. The lowest BCUT2D eigenvalue weighted by Crippen LogP contribution is -2.27. The zero-order valence-corrected chi connectivity index (χ0v) is 13.6. The molecule has 1 heterocycles. The fourth-order valence-corrected chi connectivity index (χ4v) is 3.87. The van der Waals surface area contributed by atoms with Crippen molar-refractivity contribution in [1.82, 2.24) is 4.90 Å². The molecule has 0 unspecified atom stereocenters. The molecular formula is C16H23NO3S. The van der Waals surface area contributed by atoms with Crippen LogP contribution in [0, 0.1) is 0 Å². The molecule has 0 saturated carbocycles. The van der Waals surface area contributed by atoms with Gasteiger partial charge in [0, 0.05) is 24.9 Å². The molecule has 4 nitrogen and oxygen atoms in total. The first-order chi connectivity index (χ1) is 10.1. The SMILES string of the molecule is COC(=O)CCCN(C)C(=O)c1cc2c(s1)CCCCC2. The summed E-state index contributed by atoms with van der Waals surface area (Å²) in [5.74, 6) is -0.156. The third kappa shape index (κ3) is 4.30. The molecule has 1 aromatic heterocycles. The average Bonchev–Trinajstić information content (AvgIpc) is 2.77. The van der Waals surface area contributed by atoms with Crippen LogP contribution >= 0.6 is 11.3 Å². The Hall–Kier alpha value is -1.36. The fourth-order valence-electron chi connectivity index (χ4n) is 2.63. The van der Waals surface area contributed by atoms with Crippen molar-refractivity contribution < 1.29 is 14.3 Å². The van der Waals surface area contributed by atoms with E-state index in [1.54, 1.807) is 23.3 Å². The fraction of sp³-hybridized carbons (Fsp3) is 0.625. The van der Waals surface area contributed by atoms with Crippen molar-refractivity contribution in [3.05, 3.63) is 21.4 Å². The maximum absolute atomic E-state index is 12.4. The summed E-state index contributed by atoms with van der Waals surface area (Å²) < 4.78 is 4.60. The van der Waals surface area contributed by atoms with Gasteiger partial charge in [0.2, 0.25) is 0 Å². The second-order valence-electron chi connectivity index (χ2n) is 5.53. The van der Waals surface area contributed by atoms with E-state index in [4.69, 9.17) is 0 Å². The molecule has 0 saturated heterocycles. The molecule has 1 aromatic rings. The molecule has 0 bridgehead atoms. The lowest BCUT2D eigenvalue weighted by atomic mass is 10.1. The number of ether oxygens (including phenoxy) is 1. The minimum absolute atomic E-state index is 0.0675. The predicted octanol–water partition coefficient (Wildman–Crippen LogP) is 3.04. The number of carbonyl (C=O) groups excluding carboxylic acids is 2. The van der Waals surface area contributed by atoms with Gasteiger partial charge in [-0.1, -0.05) is 6.42 Å². The van der Waals surface area contributed by atoms with Crippen LogP contribution in [0.1, 0.15) is 52.2 Å². The summed E-state index contributed by atoms with van der Waals surface area (Å²) in [5.41, 5.74) is 1.36. The van der Waals surface area contributed by atoms with Crippen LogP contribution in [0.25, 0.3) is 0 Å². The summed E-state index contributed by atoms with van der Waals surface area (Å²) in [6, 6.07) is 2.07. The topological polar surface area (TPSA) is 46.6 Å². The van der Waals surface area contributed by atoms with Crippen molar-refractivity contribution in [3.8, 4) is 0 Å². The lowest BCUT2D eigenvalue weighted by molar-refractivity contribution is -0.140. The number of aryl methyl sites for hydroxylation is 2. The van der Waals surface area contributed by atoms with Crippen molar-refractivity contribution in [2.75, 3.05) is 20.7 Å². The van der Waals surface area contributed by atoms with Crippen LogP contribution in [-0.4, -0.2) is 37.5 Å². The largest absolute Gasteiger partial charge is 0.469 e. The molecule has 0 aliphatic heterocycles. The van der Waals surface area contributed by atoms with Gasteiger partial charge >= 0.3 is 5.97 Å². The van der Waals surface area contributed by atoms with Crippen LogP contribution in [0.15, 0.2) is 6.07 Å². The van der Waals surface area contributed by atoms with Crippen molar-refractivity contribution in [2.45, 2.75) is 44.9 Å². The Kier molecular flexibility index (Phi) is 5.79. The van der Waals surface area contributed by atoms with Crippen LogP contribution in [0.4, 0.5) is 0 Å². The summed E-state index contributed by atoms with van der Waals surface area (Å²) in [6.07, 6.45) is 6.96. The number of hydrogen-bond donors (Lipinski definition) is 0. The van der Waals surface area contributed by atoms with Gasteiger partial charge < -0.3 is 9.64 Å². The Morgan fingerprint density at radius 3 is 2.81 bits per heavy atom. The molecule has 5 heteroatoms. The standard InChI is InChI=1S/C16H23NO3S/c1-17(10-6-9-15(18)20-2)16(19)14-11-12-7-4-3-5-8-13(12)21-14/h11H,3-10H2,1-2H3. The molecule has 116 valence electrons. The summed E-state index contributed by atoms with van der Waals surface area (Å²) in [6.45, 7) is 0.580. The maximum atomic E-state index is 12.4. The first-order valence-corrected chi connectivity index (χ1v) is 8.37. The van der Waals surface area contributed by atoms with E-state index in [0.29, 0.717) is 19.4 Å². The Morgan fingerprint density at radius 2 is 2.05 bits per heavy atom. The highest BCUT2D eigenvalue weighted by Gasteiger charge is 2.19. The first kappa shape index (κ1) is 16.0. The quantitative estimate of drug-likeness (QED) is 0.620. The molecule has 2 rings (SSSR count). The summed E-state index contributed by atoms with van der Waals surface area (Å²) in [7, 11) is 3.18. The second kappa shape index (κ2) is 7.59. The number of thiophene rings is 1.